The van der Waals surface area contributed by atoms with Crippen molar-refractivity contribution in [1.82, 2.24) is 0 Å². The van der Waals surface area contributed by atoms with Gasteiger partial charge in [0.25, 0.3) is 0 Å². The van der Waals surface area contributed by atoms with Gasteiger partial charge in [-0.2, -0.15) is 0 Å². The highest BCUT2D eigenvalue weighted by Gasteiger charge is 2.15. The average molecular weight is 262 g/mol. The van der Waals surface area contributed by atoms with Crippen molar-refractivity contribution >= 4 is 17.3 Å². The van der Waals surface area contributed by atoms with Crippen LogP contribution in [-0.2, 0) is 6.61 Å². The van der Waals surface area contributed by atoms with Crippen LogP contribution in [0, 0.1) is 13.8 Å². The molecule has 0 amide bonds. The molecule has 0 unspecified atom stereocenters. The van der Waals surface area contributed by atoms with Crippen molar-refractivity contribution in [3.05, 3.63) is 51.2 Å². The molecule has 2 aromatic rings. The molecule has 0 bridgehead atoms. The van der Waals surface area contributed by atoms with Crippen molar-refractivity contribution in [3.8, 4) is 5.75 Å². The van der Waals surface area contributed by atoms with E-state index in [9.17, 15) is 4.79 Å². The van der Waals surface area contributed by atoms with E-state index < -0.39 is 5.97 Å². The molecule has 0 radical (unpaired) electrons. The third-order valence-corrected chi connectivity index (χ3v) is 3.55. The van der Waals surface area contributed by atoms with E-state index >= 15 is 0 Å². The zero-order valence-electron chi connectivity index (χ0n) is 10.3. The summed E-state index contributed by atoms with van der Waals surface area (Å²) in [5.74, 6) is -0.488. The largest absolute Gasteiger partial charge is 0.487 e. The number of ether oxygens (including phenoxy) is 1. The standard InChI is InChI=1S/C14H14O3S/c1-9-3-5-11(6-4-9)8-17-12-7-10(2)18-13(12)14(15)16/h3-7H,8H2,1-2H3,(H,15,16). The van der Waals surface area contributed by atoms with Crippen LogP contribution in [0.2, 0.25) is 0 Å². The van der Waals surface area contributed by atoms with Crippen LogP contribution in [0.15, 0.2) is 30.3 Å². The maximum atomic E-state index is 11.0. The predicted molar refractivity (Wildman–Crippen MR) is 71.5 cm³/mol. The summed E-state index contributed by atoms with van der Waals surface area (Å²) in [5.41, 5.74) is 2.22. The first-order valence-electron chi connectivity index (χ1n) is 5.58. The number of carboxylic acids is 1. The van der Waals surface area contributed by atoms with Gasteiger partial charge in [-0.15, -0.1) is 11.3 Å². The fraction of sp³-hybridized carbons (Fsp3) is 0.214. The summed E-state index contributed by atoms with van der Waals surface area (Å²) in [6, 6.07) is 9.75. The van der Waals surface area contributed by atoms with E-state index in [0.717, 1.165) is 10.4 Å². The van der Waals surface area contributed by atoms with Gasteiger partial charge in [0.05, 0.1) is 0 Å². The quantitative estimate of drug-likeness (QED) is 0.915. The van der Waals surface area contributed by atoms with Crippen LogP contribution >= 0.6 is 11.3 Å². The fourth-order valence-electron chi connectivity index (χ4n) is 1.59. The molecule has 18 heavy (non-hydrogen) atoms. The Morgan fingerprint density at radius 1 is 1.28 bits per heavy atom. The lowest BCUT2D eigenvalue weighted by atomic mass is 10.2. The lowest BCUT2D eigenvalue weighted by Gasteiger charge is -2.05. The third-order valence-electron chi connectivity index (χ3n) is 2.53. The lowest BCUT2D eigenvalue weighted by molar-refractivity contribution is 0.0697. The molecule has 1 aromatic carbocycles. The van der Waals surface area contributed by atoms with Gasteiger partial charge in [-0.25, -0.2) is 4.79 Å². The number of hydrogen-bond acceptors (Lipinski definition) is 3. The van der Waals surface area contributed by atoms with E-state index in [4.69, 9.17) is 9.84 Å². The van der Waals surface area contributed by atoms with Crippen molar-refractivity contribution in [1.29, 1.82) is 0 Å². The molecule has 94 valence electrons. The first kappa shape index (κ1) is 12.6. The number of benzene rings is 1. The van der Waals surface area contributed by atoms with E-state index in [1.807, 2.05) is 38.1 Å². The van der Waals surface area contributed by atoms with Crippen molar-refractivity contribution in [2.75, 3.05) is 0 Å². The van der Waals surface area contributed by atoms with Crippen LogP contribution in [0.4, 0.5) is 0 Å². The normalized spacial score (nSPS) is 10.3. The summed E-state index contributed by atoms with van der Waals surface area (Å²) in [4.78, 5) is 12.2. The van der Waals surface area contributed by atoms with Gasteiger partial charge in [0.2, 0.25) is 0 Å². The molecule has 0 spiro atoms. The van der Waals surface area contributed by atoms with Gasteiger partial charge < -0.3 is 9.84 Å². The zero-order valence-corrected chi connectivity index (χ0v) is 11.1. The summed E-state index contributed by atoms with van der Waals surface area (Å²) in [6.07, 6.45) is 0. The molecule has 0 saturated carbocycles. The maximum absolute atomic E-state index is 11.0. The second-order valence-electron chi connectivity index (χ2n) is 4.13. The first-order valence-corrected chi connectivity index (χ1v) is 6.40. The number of carbonyl (C=O) groups is 1. The van der Waals surface area contributed by atoms with Crippen molar-refractivity contribution in [2.24, 2.45) is 0 Å². The Kier molecular flexibility index (Phi) is 3.67. The summed E-state index contributed by atoms with van der Waals surface area (Å²) in [7, 11) is 0. The molecule has 3 nitrogen and oxygen atoms in total. The molecule has 0 aliphatic carbocycles. The Labute approximate surface area is 110 Å². The molecule has 4 heteroatoms. The number of hydrogen-bond donors (Lipinski definition) is 1. The molecule has 0 atom stereocenters. The highest BCUT2D eigenvalue weighted by molar-refractivity contribution is 7.14. The van der Waals surface area contributed by atoms with E-state index in [1.54, 1.807) is 6.07 Å². The average Bonchev–Trinajstić information content (AvgIpc) is 2.70. The minimum atomic E-state index is -0.938. The smallest absolute Gasteiger partial charge is 0.349 e. The van der Waals surface area contributed by atoms with E-state index in [2.05, 4.69) is 0 Å². The third kappa shape index (κ3) is 2.90. The Balaban J connectivity index is 2.10. The van der Waals surface area contributed by atoms with Crippen LogP contribution in [0.1, 0.15) is 25.7 Å². The Bertz CT molecular complexity index is 555. The minimum absolute atomic E-state index is 0.264. The Hall–Kier alpha value is -1.81. The SMILES string of the molecule is Cc1ccc(COc2cc(C)sc2C(=O)O)cc1. The Morgan fingerprint density at radius 3 is 2.56 bits per heavy atom. The van der Waals surface area contributed by atoms with Gasteiger partial charge in [0.1, 0.15) is 12.4 Å². The number of aromatic carboxylic acids is 1. The number of carboxylic acid groups (broad SMARTS) is 1. The van der Waals surface area contributed by atoms with Crippen LogP contribution in [0.3, 0.4) is 0 Å². The molecule has 2 rings (SSSR count). The summed E-state index contributed by atoms with van der Waals surface area (Å²) in [6.45, 7) is 4.28. The molecule has 1 aromatic heterocycles. The monoisotopic (exact) mass is 262 g/mol. The molecule has 0 fully saturated rings. The van der Waals surface area contributed by atoms with E-state index in [-0.39, 0.29) is 4.88 Å². The van der Waals surface area contributed by atoms with Crippen LogP contribution in [0.5, 0.6) is 5.75 Å². The lowest BCUT2D eigenvalue weighted by Crippen LogP contribution is -2.00. The molecular formula is C14H14O3S. The fourth-order valence-corrected chi connectivity index (χ4v) is 2.39. The molecule has 0 aliphatic heterocycles. The predicted octanol–water partition coefficient (Wildman–Crippen LogP) is 3.64. The van der Waals surface area contributed by atoms with Gasteiger partial charge in [0, 0.05) is 4.88 Å². The van der Waals surface area contributed by atoms with E-state index in [1.165, 1.54) is 16.9 Å². The number of thiophene rings is 1. The van der Waals surface area contributed by atoms with Crippen molar-refractivity contribution in [2.45, 2.75) is 20.5 Å². The van der Waals surface area contributed by atoms with Crippen LogP contribution < -0.4 is 4.74 Å². The second-order valence-corrected chi connectivity index (χ2v) is 5.39. The van der Waals surface area contributed by atoms with Gasteiger partial charge in [-0.3, -0.25) is 0 Å². The molecular weight excluding hydrogens is 248 g/mol. The summed E-state index contributed by atoms with van der Waals surface area (Å²) in [5, 5.41) is 9.04. The molecule has 0 aliphatic rings. The highest BCUT2D eigenvalue weighted by atomic mass is 32.1. The van der Waals surface area contributed by atoms with Crippen LogP contribution in [-0.4, -0.2) is 11.1 Å². The molecule has 1 heterocycles. The summed E-state index contributed by atoms with van der Waals surface area (Å²) >= 11 is 1.24. The molecule has 0 saturated heterocycles. The van der Waals surface area contributed by atoms with Gasteiger partial charge >= 0.3 is 5.97 Å². The first-order chi connectivity index (χ1) is 8.56. The van der Waals surface area contributed by atoms with Crippen molar-refractivity contribution < 1.29 is 14.6 Å². The van der Waals surface area contributed by atoms with E-state index in [0.29, 0.717) is 12.4 Å². The number of rotatable bonds is 4. The van der Waals surface area contributed by atoms with Gasteiger partial charge in [-0.1, -0.05) is 29.8 Å². The highest BCUT2D eigenvalue weighted by Crippen LogP contribution is 2.29. The zero-order chi connectivity index (χ0) is 13.1. The topological polar surface area (TPSA) is 46.5 Å². The Morgan fingerprint density at radius 2 is 1.94 bits per heavy atom. The van der Waals surface area contributed by atoms with Crippen molar-refractivity contribution in [3.63, 3.8) is 0 Å². The maximum Gasteiger partial charge on any atom is 0.349 e. The second kappa shape index (κ2) is 5.23. The summed E-state index contributed by atoms with van der Waals surface area (Å²) < 4.78 is 5.57. The minimum Gasteiger partial charge on any atom is -0.487 e. The van der Waals surface area contributed by atoms with Gasteiger partial charge in [0.15, 0.2) is 4.88 Å². The molecule has 1 N–H and O–H groups in total. The van der Waals surface area contributed by atoms with Crippen LogP contribution in [0.25, 0.3) is 0 Å². The number of aryl methyl sites for hydroxylation is 2. The van der Waals surface area contributed by atoms with Gasteiger partial charge in [-0.05, 0) is 25.5 Å².